The fourth-order valence-electron chi connectivity index (χ4n) is 1.97. The van der Waals surface area contributed by atoms with Crippen molar-refractivity contribution in [2.45, 2.75) is 18.9 Å². The first-order valence-electron chi connectivity index (χ1n) is 5.55. The quantitative estimate of drug-likeness (QED) is 0.810. The van der Waals surface area contributed by atoms with Crippen molar-refractivity contribution in [2.75, 3.05) is 18.9 Å². The Balaban J connectivity index is 1.85. The van der Waals surface area contributed by atoms with Crippen LogP contribution in [0.2, 0.25) is 0 Å². The van der Waals surface area contributed by atoms with E-state index in [1.165, 1.54) is 19.4 Å². The van der Waals surface area contributed by atoms with Gasteiger partial charge in [-0.2, -0.15) is 0 Å². The van der Waals surface area contributed by atoms with Crippen LogP contribution in [0.5, 0.6) is 0 Å². The predicted molar refractivity (Wildman–Crippen MR) is 64.9 cm³/mol. The molecule has 0 spiro atoms. The van der Waals surface area contributed by atoms with Crippen LogP contribution in [0.3, 0.4) is 0 Å². The third-order valence-electron chi connectivity index (χ3n) is 2.92. The Bertz CT molecular complexity index is 319. The molecule has 15 heavy (non-hydrogen) atoms. The number of anilines is 1. The SMILES string of the molecule is CN1CCCC1C=CNc1ccccc1. The number of likely N-dealkylation sites (tertiary alicyclic amines) is 1. The Kier molecular flexibility index (Phi) is 3.41. The molecule has 1 fully saturated rings. The zero-order valence-corrected chi connectivity index (χ0v) is 9.19. The number of para-hydroxylation sites is 1. The summed E-state index contributed by atoms with van der Waals surface area (Å²) in [6.45, 7) is 1.22. The molecular weight excluding hydrogens is 184 g/mol. The molecule has 1 aliphatic heterocycles. The van der Waals surface area contributed by atoms with Crippen molar-refractivity contribution in [3.8, 4) is 0 Å². The molecule has 0 aliphatic carbocycles. The van der Waals surface area contributed by atoms with E-state index in [9.17, 15) is 0 Å². The molecule has 0 radical (unpaired) electrons. The molecule has 2 heteroatoms. The highest BCUT2D eigenvalue weighted by molar-refractivity contribution is 5.44. The van der Waals surface area contributed by atoms with E-state index in [0.717, 1.165) is 5.69 Å². The Hall–Kier alpha value is -1.28. The van der Waals surface area contributed by atoms with Gasteiger partial charge in [0.05, 0.1) is 0 Å². The van der Waals surface area contributed by atoms with Crippen molar-refractivity contribution >= 4 is 5.69 Å². The van der Waals surface area contributed by atoms with Crippen molar-refractivity contribution in [1.82, 2.24) is 4.90 Å². The van der Waals surface area contributed by atoms with Crippen LogP contribution in [0.15, 0.2) is 42.6 Å². The minimum absolute atomic E-state index is 0.612. The van der Waals surface area contributed by atoms with Gasteiger partial charge >= 0.3 is 0 Å². The Morgan fingerprint density at radius 3 is 2.80 bits per heavy atom. The molecule has 1 heterocycles. The van der Waals surface area contributed by atoms with Gasteiger partial charge in [0.1, 0.15) is 0 Å². The standard InChI is InChI=1S/C13H18N2/c1-15-11-5-8-13(15)9-10-14-12-6-3-2-4-7-12/h2-4,6-7,9-10,13-14H,5,8,11H2,1H3. The maximum atomic E-state index is 3.28. The number of nitrogens with zero attached hydrogens (tertiary/aromatic N) is 1. The summed E-state index contributed by atoms with van der Waals surface area (Å²) >= 11 is 0. The van der Waals surface area contributed by atoms with Gasteiger partial charge in [-0.25, -0.2) is 0 Å². The van der Waals surface area contributed by atoms with Crippen molar-refractivity contribution < 1.29 is 0 Å². The fraction of sp³-hybridized carbons (Fsp3) is 0.385. The summed E-state index contributed by atoms with van der Waals surface area (Å²) < 4.78 is 0. The van der Waals surface area contributed by atoms with Crippen molar-refractivity contribution in [3.63, 3.8) is 0 Å². The third-order valence-corrected chi connectivity index (χ3v) is 2.92. The monoisotopic (exact) mass is 202 g/mol. The van der Waals surface area contributed by atoms with Crippen LogP contribution < -0.4 is 5.32 Å². The molecule has 1 aliphatic rings. The van der Waals surface area contributed by atoms with Gasteiger partial charge in [-0.1, -0.05) is 24.3 Å². The second kappa shape index (κ2) is 4.99. The Labute approximate surface area is 91.6 Å². The van der Waals surface area contributed by atoms with E-state index in [1.807, 2.05) is 18.2 Å². The summed E-state index contributed by atoms with van der Waals surface area (Å²) in [6.07, 6.45) is 6.90. The van der Waals surface area contributed by atoms with Crippen LogP contribution in [0.1, 0.15) is 12.8 Å². The third kappa shape index (κ3) is 2.83. The molecule has 80 valence electrons. The van der Waals surface area contributed by atoms with Crippen LogP contribution in [0.4, 0.5) is 5.69 Å². The van der Waals surface area contributed by atoms with Gasteiger partial charge in [0.25, 0.3) is 0 Å². The van der Waals surface area contributed by atoms with Crippen LogP contribution in [0, 0.1) is 0 Å². The van der Waals surface area contributed by atoms with Crippen LogP contribution in [0.25, 0.3) is 0 Å². The second-order valence-electron chi connectivity index (χ2n) is 4.06. The minimum Gasteiger partial charge on any atom is -0.362 e. The molecule has 1 unspecified atom stereocenters. The first-order valence-corrected chi connectivity index (χ1v) is 5.55. The summed E-state index contributed by atoms with van der Waals surface area (Å²) in [7, 11) is 2.19. The molecule has 0 saturated carbocycles. The number of likely N-dealkylation sites (N-methyl/N-ethyl adjacent to an activating group) is 1. The maximum absolute atomic E-state index is 3.28. The van der Waals surface area contributed by atoms with Crippen LogP contribution >= 0.6 is 0 Å². The highest BCUT2D eigenvalue weighted by atomic mass is 15.1. The van der Waals surface area contributed by atoms with Gasteiger partial charge in [0, 0.05) is 11.7 Å². The van der Waals surface area contributed by atoms with Gasteiger partial charge in [-0.3, -0.25) is 4.90 Å². The van der Waals surface area contributed by atoms with E-state index < -0.39 is 0 Å². The summed E-state index contributed by atoms with van der Waals surface area (Å²) in [5.41, 5.74) is 1.15. The first kappa shape index (κ1) is 10.2. The van der Waals surface area contributed by atoms with E-state index in [2.05, 4.69) is 41.7 Å². The van der Waals surface area contributed by atoms with Crippen molar-refractivity contribution in [1.29, 1.82) is 0 Å². The van der Waals surface area contributed by atoms with E-state index in [1.54, 1.807) is 0 Å². The van der Waals surface area contributed by atoms with E-state index in [-0.39, 0.29) is 0 Å². The lowest BCUT2D eigenvalue weighted by atomic mass is 10.2. The molecule has 0 amide bonds. The first-order chi connectivity index (χ1) is 7.36. The molecule has 1 aromatic rings. The zero-order valence-electron chi connectivity index (χ0n) is 9.19. The second-order valence-corrected chi connectivity index (χ2v) is 4.06. The van der Waals surface area contributed by atoms with Crippen molar-refractivity contribution in [3.05, 3.63) is 42.6 Å². The molecular formula is C13H18N2. The van der Waals surface area contributed by atoms with Crippen molar-refractivity contribution in [2.24, 2.45) is 0 Å². The maximum Gasteiger partial charge on any atom is 0.0379 e. The number of benzene rings is 1. The highest BCUT2D eigenvalue weighted by Crippen LogP contribution is 2.15. The smallest absolute Gasteiger partial charge is 0.0379 e. The van der Waals surface area contributed by atoms with Crippen LogP contribution in [-0.4, -0.2) is 24.5 Å². The van der Waals surface area contributed by atoms with E-state index in [4.69, 9.17) is 0 Å². The fourth-order valence-corrected chi connectivity index (χ4v) is 1.97. The number of rotatable bonds is 3. The van der Waals surface area contributed by atoms with Gasteiger partial charge in [0.2, 0.25) is 0 Å². The van der Waals surface area contributed by atoms with Gasteiger partial charge in [-0.05, 0) is 44.8 Å². The zero-order chi connectivity index (χ0) is 10.5. The highest BCUT2D eigenvalue weighted by Gasteiger charge is 2.17. The summed E-state index contributed by atoms with van der Waals surface area (Å²) in [6, 6.07) is 10.9. The van der Waals surface area contributed by atoms with Gasteiger partial charge in [0.15, 0.2) is 0 Å². The van der Waals surface area contributed by atoms with E-state index >= 15 is 0 Å². The lowest BCUT2D eigenvalue weighted by Gasteiger charge is -2.14. The molecule has 1 aromatic carbocycles. The normalized spacial score (nSPS) is 22.3. The average Bonchev–Trinajstić information content (AvgIpc) is 2.66. The average molecular weight is 202 g/mol. The predicted octanol–water partition coefficient (Wildman–Crippen LogP) is 2.71. The lowest BCUT2D eigenvalue weighted by molar-refractivity contribution is 0.357. The molecule has 0 bridgehead atoms. The summed E-state index contributed by atoms with van der Waals surface area (Å²) in [5.74, 6) is 0. The topological polar surface area (TPSA) is 15.3 Å². The Morgan fingerprint density at radius 1 is 1.33 bits per heavy atom. The molecule has 0 aromatic heterocycles. The molecule has 1 saturated heterocycles. The molecule has 1 N–H and O–H groups in total. The number of hydrogen-bond donors (Lipinski definition) is 1. The minimum atomic E-state index is 0.612. The van der Waals surface area contributed by atoms with Crippen LogP contribution in [-0.2, 0) is 0 Å². The number of hydrogen-bond acceptors (Lipinski definition) is 2. The van der Waals surface area contributed by atoms with E-state index in [0.29, 0.717) is 6.04 Å². The van der Waals surface area contributed by atoms with Gasteiger partial charge < -0.3 is 5.32 Å². The molecule has 1 atom stereocenters. The van der Waals surface area contributed by atoms with Gasteiger partial charge in [-0.15, -0.1) is 0 Å². The number of nitrogens with one attached hydrogen (secondary N) is 1. The summed E-state index contributed by atoms with van der Waals surface area (Å²) in [5, 5.41) is 3.28. The summed E-state index contributed by atoms with van der Waals surface area (Å²) in [4.78, 5) is 2.39. The Morgan fingerprint density at radius 2 is 2.13 bits per heavy atom. The molecule has 2 nitrogen and oxygen atoms in total. The largest absolute Gasteiger partial charge is 0.362 e. The molecule has 2 rings (SSSR count). The lowest BCUT2D eigenvalue weighted by Crippen LogP contribution is -2.22.